The Morgan fingerprint density at radius 3 is 2.55 bits per heavy atom. The van der Waals surface area contributed by atoms with E-state index >= 15 is 0 Å². The molecule has 5 nitrogen and oxygen atoms in total. The quantitative estimate of drug-likeness (QED) is 0.217. The Morgan fingerprint density at radius 2 is 1.95 bits per heavy atom. The second-order valence-corrected chi connectivity index (χ2v) is 5.60. The van der Waals surface area contributed by atoms with Crippen molar-refractivity contribution in [2.24, 2.45) is 4.99 Å². The van der Waals surface area contributed by atoms with Crippen LogP contribution >= 0.6 is 24.0 Å². The monoisotopic (exact) mass is 428 g/mol. The van der Waals surface area contributed by atoms with Gasteiger partial charge in [-0.3, -0.25) is 4.99 Å². The first-order valence-electron chi connectivity index (χ1n) is 8.36. The van der Waals surface area contributed by atoms with Crippen molar-refractivity contribution < 1.29 is 4.74 Å². The molecule has 0 aromatic rings. The maximum absolute atomic E-state index is 5.08. The lowest BCUT2D eigenvalue weighted by Crippen LogP contribution is -2.42. The molecule has 0 aromatic carbocycles. The first kappa shape index (κ1) is 24.2. The number of rotatable bonds is 12. The van der Waals surface area contributed by atoms with Gasteiger partial charge in [-0.05, 0) is 27.3 Å². The molecule has 0 aromatic heterocycles. The van der Waals surface area contributed by atoms with Gasteiger partial charge in [-0.2, -0.15) is 0 Å². The third kappa shape index (κ3) is 14.8. The van der Waals surface area contributed by atoms with Gasteiger partial charge in [0.2, 0.25) is 0 Å². The number of ether oxygens (including phenoxy) is 1. The Labute approximate surface area is 154 Å². The molecule has 0 aliphatic rings. The van der Waals surface area contributed by atoms with Gasteiger partial charge in [0.15, 0.2) is 5.96 Å². The highest BCUT2D eigenvalue weighted by molar-refractivity contribution is 14.0. The summed E-state index contributed by atoms with van der Waals surface area (Å²) in [5, 5.41) is 6.81. The smallest absolute Gasteiger partial charge is 0.191 e. The molecular formula is C16H37IN4O. The molecule has 2 N–H and O–H groups in total. The number of guanidine groups is 1. The van der Waals surface area contributed by atoms with Gasteiger partial charge in [0.1, 0.15) is 0 Å². The van der Waals surface area contributed by atoms with Gasteiger partial charge < -0.3 is 20.3 Å². The van der Waals surface area contributed by atoms with E-state index in [9.17, 15) is 0 Å². The van der Waals surface area contributed by atoms with Crippen molar-refractivity contribution in [3.63, 3.8) is 0 Å². The third-order valence-electron chi connectivity index (χ3n) is 3.40. The lowest BCUT2D eigenvalue weighted by molar-refractivity contribution is 0.163. The number of nitrogens with one attached hydrogen (secondary N) is 2. The molecule has 134 valence electrons. The molecular weight excluding hydrogens is 391 g/mol. The molecule has 0 saturated carbocycles. The minimum Gasteiger partial charge on any atom is -0.383 e. The molecule has 0 rings (SSSR count). The van der Waals surface area contributed by atoms with Crippen molar-refractivity contribution in [3.05, 3.63) is 0 Å². The summed E-state index contributed by atoms with van der Waals surface area (Å²) < 4.78 is 5.08. The standard InChI is InChI=1S/C16H36N4O.HI/c1-6-8-9-10-15(3)19-16(17-7-2)18-11-12-20(4)13-14-21-5;/h15H,6-14H2,1-5H3,(H2,17,18,19);1H. The highest BCUT2D eigenvalue weighted by Crippen LogP contribution is 2.02. The summed E-state index contributed by atoms with van der Waals surface area (Å²) in [6.07, 6.45) is 5.06. The second-order valence-electron chi connectivity index (χ2n) is 5.60. The maximum atomic E-state index is 5.08. The molecule has 0 spiro atoms. The van der Waals surface area contributed by atoms with Gasteiger partial charge in [0.05, 0.1) is 13.2 Å². The summed E-state index contributed by atoms with van der Waals surface area (Å²) in [6.45, 7) is 10.9. The Kier molecular flexibility index (Phi) is 19.0. The fraction of sp³-hybridized carbons (Fsp3) is 0.938. The third-order valence-corrected chi connectivity index (χ3v) is 3.40. The Morgan fingerprint density at radius 1 is 1.23 bits per heavy atom. The maximum Gasteiger partial charge on any atom is 0.191 e. The van der Waals surface area contributed by atoms with Crippen LogP contribution in [0.4, 0.5) is 0 Å². The van der Waals surface area contributed by atoms with Gasteiger partial charge in [0.25, 0.3) is 0 Å². The zero-order valence-corrected chi connectivity index (χ0v) is 17.5. The molecule has 22 heavy (non-hydrogen) atoms. The second kappa shape index (κ2) is 17.3. The van der Waals surface area contributed by atoms with Crippen LogP contribution in [0.15, 0.2) is 4.99 Å². The van der Waals surface area contributed by atoms with E-state index in [0.717, 1.165) is 38.7 Å². The average molecular weight is 428 g/mol. The number of unbranched alkanes of at least 4 members (excludes halogenated alkanes) is 2. The highest BCUT2D eigenvalue weighted by atomic mass is 127. The Bertz CT molecular complexity index is 265. The topological polar surface area (TPSA) is 48.9 Å². The van der Waals surface area contributed by atoms with E-state index < -0.39 is 0 Å². The number of aliphatic imine (C=N–C) groups is 1. The molecule has 6 heteroatoms. The lowest BCUT2D eigenvalue weighted by atomic mass is 10.1. The van der Waals surface area contributed by atoms with E-state index in [1.807, 2.05) is 0 Å². The molecule has 1 atom stereocenters. The summed E-state index contributed by atoms with van der Waals surface area (Å²) in [7, 11) is 3.83. The van der Waals surface area contributed by atoms with Crippen molar-refractivity contribution in [1.82, 2.24) is 15.5 Å². The van der Waals surface area contributed by atoms with Gasteiger partial charge in [-0.1, -0.05) is 26.2 Å². The van der Waals surface area contributed by atoms with E-state index in [0.29, 0.717) is 6.04 Å². The van der Waals surface area contributed by atoms with Crippen molar-refractivity contribution in [3.8, 4) is 0 Å². The van der Waals surface area contributed by atoms with Gasteiger partial charge in [-0.15, -0.1) is 24.0 Å². The molecule has 0 fully saturated rings. The zero-order chi connectivity index (χ0) is 15.9. The van der Waals surface area contributed by atoms with Gasteiger partial charge in [-0.25, -0.2) is 0 Å². The van der Waals surface area contributed by atoms with E-state index in [-0.39, 0.29) is 24.0 Å². The molecule has 1 unspecified atom stereocenters. The highest BCUT2D eigenvalue weighted by Gasteiger charge is 2.05. The Hall–Kier alpha value is -0.0800. The lowest BCUT2D eigenvalue weighted by Gasteiger charge is -2.19. The summed E-state index contributed by atoms with van der Waals surface area (Å²) in [4.78, 5) is 6.88. The van der Waals surface area contributed by atoms with Crippen LogP contribution in [-0.4, -0.2) is 63.8 Å². The van der Waals surface area contributed by atoms with E-state index in [2.05, 4.69) is 48.3 Å². The molecule has 0 amide bonds. The number of halogens is 1. The molecule has 0 aliphatic heterocycles. The fourth-order valence-electron chi connectivity index (χ4n) is 2.02. The van der Waals surface area contributed by atoms with Gasteiger partial charge >= 0.3 is 0 Å². The molecule has 0 saturated heterocycles. The van der Waals surface area contributed by atoms with Gasteiger partial charge in [0, 0.05) is 32.8 Å². The number of nitrogens with zero attached hydrogens (tertiary/aromatic N) is 2. The van der Waals surface area contributed by atoms with E-state index in [1.54, 1.807) is 7.11 Å². The zero-order valence-electron chi connectivity index (χ0n) is 15.2. The number of methoxy groups -OCH3 is 1. The summed E-state index contributed by atoms with van der Waals surface area (Å²) in [5.74, 6) is 0.932. The van der Waals surface area contributed by atoms with E-state index in [4.69, 9.17) is 4.74 Å². The van der Waals surface area contributed by atoms with Crippen LogP contribution in [0.3, 0.4) is 0 Å². The number of hydrogen-bond donors (Lipinski definition) is 2. The minimum atomic E-state index is 0. The van der Waals surface area contributed by atoms with Crippen LogP contribution in [0.2, 0.25) is 0 Å². The fourth-order valence-corrected chi connectivity index (χ4v) is 2.02. The first-order valence-corrected chi connectivity index (χ1v) is 8.36. The molecule has 0 heterocycles. The number of hydrogen-bond acceptors (Lipinski definition) is 3. The molecule has 0 radical (unpaired) electrons. The van der Waals surface area contributed by atoms with E-state index in [1.165, 1.54) is 25.7 Å². The average Bonchev–Trinajstić information content (AvgIpc) is 2.45. The first-order chi connectivity index (χ1) is 10.1. The van der Waals surface area contributed by atoms with Crippen LogP contribution in [0.5, 0.6) is 0 Å². The van der Waals surface area contributed by atoms with Crippen LogP contribution in [0.25, 0.3) is 0 Å². The van der Waals surface area contributed by atoms with Crippen molar-refractivity contribution in [2.45, 2.75) is 52.5 Å². The van der Waals surface area contributed by atoms with Crippen LogP contribution in [-0.2, 0) is 4.74 Å². The molecule has 0 aliphatic carbocycles. The number of likely N-dealkylation sites (N-methyl/N-ethyl adjacent to an activating group) is 1. The van der Waals surface area contributed by atoms with Crippen molar-refractivity contribution >= 4 is 29.9 Å². The van der Waals surface area contributed by atoms with Crippen molar-refractivity contribution in [2.75, 3.05) is 46.9 Å². The SMILES string of the molecule is CCCCCC(C)NC(=NCCN(C)CCOC)NCC.I. The predicted molar refractivity (Wildman–Crippen MR) is 108 cm³/mol. The summed E-state index contributed by atoms with van der Waals surface area (Å²) >= 11 is 0. The minimum absolute atomic E-state index is 0. The predicted octanol–water partition coefficient (Wildman–Crippen LogP) is 2.71. The normalized spacial score (nSPS) is 12.9. The summed E-state index contributed by atoms with van der Waals surface area (Å²) in [5.41, 5.74) is 0. The van der Waals surface area contributed by atoms with Crippen LogP contribution < -0.4 is 10.6 Å². The van der Waals surface area contributed by atoms with Crippen molar-refractivity contribution in [1.29, 1.82) is 0 Å². The van der Waals surface area contributed by atoms with Crippen LogP contribution in [0, 0.1) is 0 Å². The summed E-state index contributed by atoms with van der Waals surface area (Å²) in [6, 6.07) is 0.473. The Balaban J connectivity index is 0. The largest absolute Gasteiger partial charge is 0.383 e. The van der Waals surface area contributed by atoms with Crippen LogP contribution in [0.1, 0.15) is 46.5 Å². The molecule has 0 bridgehead atoms.